The van der Waals surface area contributed by atoms with Gasteiger partial charge in [-0.1, -0.05) is 29.4 Å². The Morgan fingerprint density at radius 2 is 1.81 bits per heavy atom. The monoisotopic (exact) mass is 450 g/mol. The molecule has 0 aliphatic carbocycles. The van der Waals surface area contributed by atoms with Gasteiger partial charge < -0.3 is 4.74 Å². The smallest absolute Gasteiger partial charge is 0.196 e. The van der Waals surface area contributed by atoms with Crippen LogP contribution in [0.25, 0.3) is 17.1 Å². The van der Waals surface area contributed by atoms with Gasteiger partial charge in [0.2, 0.25) is 0 Å². The molecule has 8 heteroatoms. The van der Waals surface area contributed by atoms with E-state index in [1.165, 1.54) is 11.8 Å². The summed E-state index contributed by atoms with van der Waals surface area (Å²) in [6.45, 7) is 1.95. The van der Waals surface area contributed by atoms with E-state index in [9.17, 15) is 4.79 Å². The molecule has 31 heavy (non-hydrogen) atoms. The Kier molecular flexibility index (Phi) is 6.34. The number of hydrogen-bond donors (Lipinski definition) is 0. The highest BCUT2D eigenvalue weighted by Crippen LogP contribution is 2.31. The van der Waals surface area contributed by atoms with Crippen LogP contribution in [0.4, 0.5) is 0 Å². The number of rotatable bonds is 7. The van der Waals surface area contributed by atoms with E-state index in [1.807, 2.05) is 41.8 Å². The van der Waals surface area contributed by atoms with Crippen molar-refractivity contribution in [3.63, 3.8) is 0 Å². The molecule has 2 aromatic heterocycles. The van der Waals surface area contributed by atoms with E-state index in [0.29, 0.717) is 27.3 Å². The molecule has 0 bridgehead atoms. The first kappa shape index (κ1) is 21.1. The maximum atomic E-state index is 12.7. The SMILES string of the molecule is COc1ccc(C(=O)CSc2nnc(-c3ccncc3)n2-c2cccc(Cl)c2C)cc1. The molecule has 0 radical (unpaired) electrons. The number of ketones is 1. The largest absolute Gasteiger partial charge is 0.497 e. The number of carbonyl (C=O) groups excluding carboxylic acids is 1. The van der Waals surface area contributed by atoms with Gasteiger partial charge in [-0.3, -0.25) is 14.3 Å². The van der Waals surface area contributed by atoms with Crippen molar-refractivity contribution in [1.82, 2.24) is 19.7 Å². The molecule has 0 fully saturated rings. The summed E-state index contributed by atoms with van der Waals surface area (Å²) in [6.07, 6.45) is 3.42. The van der Waals surface area contributed by atoms with Crippen LogP contribution in [0, 0.1) is 6.92 Å². The Bertz CT molecular complexity index is 1210. The van der Waals surface area contributed by atoms with E-state index in [2.05, 4.69) is 15.2 Å². The Hall–Kier alpha value is -3.16. The van der Waals surface area contributed by atoms with E-state index in [-0.39, 0.29) is 11.5 Å². The zero-order valence-corrected chi connectivity index (χ0v) is 18.5. The van der Waals surface area contributed by atoms with Gasteiger partial charge in [-0.25, -0.2) is 0 Å². The molecule has 0 amide bonds. The van der Waals surface area contributed by atoms with Gasteiger partial charge >= 0.3 is 0 Å². The maximum Gasteiger partial charge on any atom is 0.196 e. The van der Waals surface area contributed by atoms with Crippen molar-refractivity contribution in [1.29, 1.82) is 0 Å². The fraction of sp³-hybridized carbons (Fsp3) is 0.130. The van der Waals surface area contributed by atoms with Crippen LogP contribution < -0.4 is 4.74 Å². The number of aromatic nitrogens is 4. The van der Waals surface area contributed by atoms with E-state index >= 15 is 0 Å². The van der Waals surface area contributed by atoms with Crippen LogP contribution in [0.3, 0.4) is 0 Å². The predicted molar refractivity (Wildman–Crippen MR) is 122 cm³/mol. The zero-order valence-electron chi connectivity index (χ0n) is 16.9. The van der Waals surface area contributed by atoms with Crippen LogP contribution >= 0.6 is 23.4 Å². The molecule has 0 saturated carbocycles. The molecule has 0 spiro atoms. The van der Waals surface area contributed by atoms with Gasteiger partial charge in [-0.15, -0.1) is 10.2 Å². The first-order valence-electron chi connectivity index (χ1n) is 9.50. The van der Waals surface area contributed by atoms with Crippen LogP contribution in [-0.4, -0.2) is 38.4 Å². The highest BCUT2D eigenvalue weighted by Gasteiger charge is 2.19. The number of benzene rings is 2. The first-order chi connectivity index (χ1) is 15.1. The van der Waals surface area contributed by atoms with Gasteiger partial charge in [0.1, 0.15) is 5.75 Å². The summed E-state index contributed by atoms with van der Waals surface area (Å²) < 4.78 is 7.09. The highest BCUT2D eigenvalue weighted by atomic mass is 35.5. The third kappa shape index (κ3) is 4.47. The second-order valence-electron chi connectivity index (χ2n) is 6.70. The molecule has 6 nitrogen and oxygen atoms in total. The summed E-state index contributed by atoms with van der Waals surface area (Å²) in [5.41, 5.74) is 3.26. The van der Waals surface area contributed by atoms with Crippen molar-refractivity contribution in [3.8, 4) is 22.8 Å². The van der Waals surface area contributed by atoms with Crippen molar-refractivity contribution in [2.24, 2.45) is 0 Å². The van der Waals surface area contributed by atoms with Crippen LogP contribution in [0.2, 0.25) is 5.02 Å². The highest BCUT2D eigenvalue weighted by molar-refractivity contribution is 7.99. The van der Waals surface area contributed by atoms with Gasteiger partial charge in [0, 0.05) is 28.5 Å². The minimum atomic E-state index is -0.00419. The second kappa shape index (κ2) is 9.32. The first-order valence-corrected chi connectivity index (χ1v) is 10.9. The standard InChI is InChI=1S/C23H19ClN4O2S/c1-15-19(24)4-3-5-20(15)28-22(17-10-12-25-13-11-17)26-27-23(28)31-14-21(29)16-6-8-18(30-2)9-7-16/h3-13H,14H2,1-2H3. The van der Waals surface area contributed by atoms with Crippen LogP contribution in [0.1, 0.15) is 15.9 Å². The molecule has 2 aromatic carbocycles. The molecule has 4 aromatic rings. The van der Waals surface area contributed by atoms with Gasteiger partial charge in [-0.05, 0) is 61.0 Å². The number of pyridine rings is 1. The van der Waals surface area contributed by atoms with Gasteiger partial charge in [-0.2, -0.15) is 0 Å². The molecule has 156 valence electrons. The lowest BCUT2D eigenvalue weighted by molar-refractivity contribution is 0.102. The minimum absolute atomic E-state index is 0.00419. The number of carbonyl (C=O) groups is 1. The third-order valence-corrected chi connectivity index (χ3v) is 6.13. The lowest BCUT2D eigenvalue weighted by atomic mass is 10.1. The van der Waals surface area contributed by atoms with Crippen LogP contribution in [-0.2, 0) is 0 Å². The zero-order chi connectivity index (χ0) is 21.8. The lowest BCUT2D eigenvalue weighted by Crippen LogP contribution is -2.06. The molecule has 0 unspecified atom stereocenters. The summed E-state index contributed by atoms with van der Waals surface area (Å²) in [4.78, 5) is 16.8. The molecular weight excluding hydrogens is 432 g/mol. The summed E-state index contributed by atoms with van der Waals surface area (Å²) >= 11 is 7.71. The molecule has 0 aliphatic rings. The summed E-state index contributed by atoms with van der Waals surface area (Å²) in [5, 5.41) is 10.0. The third-order valence-electron chi connectivity index (χ3n) is 4.80. The molecule has 4 rings (SSSR count). The number of Topliss-reactive ketones (excluding diaryl/α,β-unsaturated/α-hetero) is 1. The Morgan fingerprint density at radius 1 is 1.06 bits per heavy atom. The Labute approximate surface area is 189 Å². The number of halogens is 1. The quantitative estimate of drug-likeness (QED) is 0.282. The molecule has 0 atom stereocenters. The number of methoxy groups -OCH3 is 1. The topological polar surface area (TPSA) is 69.9 Å². The number of nitrogens with zero attached hydrogens (tertiary/aromatic N) is 4. The second-order valence-corrected chi connectivity index (χ2v) is 8.05. The van der Waals surface area contributed by atoms with Crippen molar-refractivity contribution < 1.29 is 9.53 Å². The number of hydrogen-bond acceptors (Lipinski definition) is 6. The molecule has 0 saturated heterocycles. The fourth-order valence-electron chi connectivity index (χ4n) is 3.10. The Balaban J connectivity index is 1.68. The number of ether oxygens (including phenoxy) is 1. The van der Waals surface area contributed by atoms with Crippen molar-refractivity contribution in [2.75, 3.05) is 12.9 Å². The molecule has 0 aliphatic heterocycles. The maximum absolute atomic E-state index is 12.7. The van der Waals surface area contributed by atoms with E-state index in [1.54, 1.807) is 43.8 Å². The van der Waals surface area contributed by atoms with Gasteiger partial charge in [0.15, 0.2) is 16.8 Å². The summed E-state index contributed by atoms with van der Waals surface area (Å²) in [7, 11) is 1.59. The van der Waals surface area contributed by atoms with Gasteiger partial charge in [0.25, 0.3) is 0 Å². The average molecular weight is 451 g/mol. The summed E-state index contributed by atoms with van der Waals surface area (Å²) in [6, 6.07) is 16.5. The summed E-state index contributed by atoms with van der Waals surface area (Å²) in [5.74, 6) is 1.59. The van der Waals surface area contributed by atoms with Crippen molar-refractivity contribution in [3.05, 3.63) is 83.1 Å². The molecule has 0 N–H and O–H groups in total. The van der Waals surface area contributed by atoms with E-state index in [0.717, 1.165) is 16.8 Å². The molecular formula is C23H19ClN4O2S. The van der Waals surface area contributed by atoms with E-state index in [4.69, 9.17) is 16.3 Å². The fourth-order valence-corrected chi connectivity index (χ4v) is 4.11. The minimum Gasteiger partial charge on any atom is -0.497 e. The average Bonchev–Trinajstić information content (AvgIpc) is 3.23. The Morgan fingerprint density at radius 3 is 2.52 bits per heavy atom. The van der Waals surface area contributed by atoms with Crippen LogP contribution in [0.5, 0.6) is 5.75 Å². The normalized spacial score (nSPS) is 10.8. The van der Waals surface area contributed by atoms with E-state index < -0.39 is 0 Å². The number of thioether (sulfide) groups is 1. The molecule has 2 heterocycles. The van der Waals surface area contributed by atoms with Crippen LogP contribution in [0.15, 0.2) is 72.1 Å². The van der Waals surface area contributed by atoms with Crippen molar-refractivity contribution in [2.45, 2.75) is 12.1 Å². The lowest BCUT2D eigenvalue weighted by Gasteiger charge is -2.13. The predicted octanol–water partition coefficient (Wildman–Crippen LogP) is 5.27. The van der Waals surface area contributed by atoms with Crippen molar-refractivity contribution >= 4 is 29.1 Å². The van der Waals surface area contributed by atoms with Gasteiger partial charge in [0.05, 0.1) is 18.6 Å².